The third-order valence-corrected chi connectivity index (χ3v) is 2.98. The van der Waals surface area contributed by atoms with Crippen LogP contribution >= 0.6 is 0 Å². The van der Waals surface area contributed by atoms with Crippen LogP contribution in [0.3, 0.4) is 0 Å². The summed E-state index contributed by atoms with van der Waals surface area (Å²) in [5.41, 5.74) is 3.48. The fourth-order valence-corrected chi connectivity index (χ4v) is 2.12. The number of methoxy groups -OCH3 is 1. The highest BCUT2D eigenvalue weighted by Crippen LogP contribution is 2.38. The average Bonchev–Trinajstić information content (AvgIpc) is 2.87. The lowest BCUT2D eigenvalue weighted by Gasteiger charge is -2.09. The number of hydrogen-bond acceptors (Lipinski definition) is 2. The van der Waals surface area contributed by atoms with Crippen molar-refractivity contribution in [3.8, 4) is 22.6 Å². The fourth-order valence-electron chi connectivity index (χ4n) is 2.12. The van der Waals surface area contributed by atoms with Crippen LogP contribution in [0.2, 0.25) is 0 Å². The maximum absolute atomic E-state index is 5.59. The highest BCUT2D eigenvalue weighted by Gasteiger charge is 2.17. The van der Waals surface area contributed by atoms with Crippen molar-refractivity contribution in [2.24, 2.45) is 0 Å². The zero-order valence-corrected chi connectivity index (χ0v) is 9.64. The molecule has 1 aliphatic heterocycles. The second kappa shape index (κ2) is 4.13. The van der Waals surface area contributed by atoms with E-state index in [1.165, 1.54) is 5.56 Å². The van der Waals surface area contributed by atoms with Crippen LogP contribution in [-0.2, 0) is 6.42 Å². The van der Waals surface area contributed by atoms with E-state index in [2.05, 4.69) is 24.3 Å². The minimum absolute atomic E-state index is 0.863. The Hall–Kier alpha value is -1.96. The molecule has 0 aliphatic carbocycles. The van der Waals surface area contributed by atoms with Crippen molar-refractivity contribution in [1.29, 1.82) is 0 Å². The molecule has 17 heavy (non-hydrogen) atoms. The maximum Gasteiger partial charge on any atom is 0.140 e. The van der Waals surface area contributed by atoms with E-state index in [9.17, 15) is 0 Å². The van der Waals surface area contributed by atoms with Gasteiger partial charge >= 0.3 is 0 Å². The first-order valence-electron chi connectivity index (χ1n) is 5.63. The molecule has 2 aromatic rings. The van der Waals surface area contributed by atoms with Gasteiger partial charge in [0.05, 0.1) is 7.11 Å². The standard InChI is InChI=1S/C15H13O2/c1-16-13-6-2-5-12(10-13)14-7-3-4-11-8-9-17-15(11)14/h2-7,9-10H,8H2,1H3. The molecular formula is C15H13O2. The summed E-state index contributed by atoms with van der Waals surface area (Å²) in [6.07, 6.45) is 0.882. The molecule has 0 atom stereocenters. The third-order valence-electron chi connectivity index (χ3n) is 2.98. The molecule has 1 heterocycles. The molecule has 0 fully saturated rings. The Bertz CT molecular complexity index is 546. The molecule has 2 heteroatoms. The Balaban J connectivity index is 2.12. The van der Waals surface area contributed by atoms with Crippen LogP contribution in [0.4, 0.5) is 0 Å². The zero-order valence-electron chi connectivity index (χ0n) is 9.64. The summed E-state index contributed by atoms with van der Waals surface area (Å²) in [4.78, 5) is 0. The highest BCUT2D eigenvalue weighted by molar-refractivity contribution is 5.74. The fraction of sp³-hybridized carbons (Fsp3) is 0.133. The van der Waals surface area contributed by atoms with Crippen molar-refractivity contribution in [3.63, 3.8) is 0 Å². The molecule has 0 unspecified atom stereocenters. The molecule has 0 saturated heterocycles. The van der Waals surface area contributed by atoms with Gasteiger partial charge in [-0.25, -0.2) is 0 Å². The van der Waals surface area contributed by atoms with Crippen LogP contribution in [0, 0.1) is 6.61 Å². The van der Waals surface area contributed by atoms with Gasteiger partial charge in [0.1, 0.15) is 18.1 Å². The lowest BCUT2D eigenvalue weighted by atomic mass is 10.0. The summed E-state index contributed by atoms with van der Waals surface area (Å²) in [6, 6.07) is 14.3. The van der Waals surface area contributed by atoms with Crippen molar-refractivity contribution in [2.45, 2.75) is 6.42 Å². The topological polar surface area (TPSA) is 18.5 Å². The Morgan fingerprint density at radius 3 is 2.88 bits per heavy atom. The van der Waals surface area contributed by atoms with E-state index in [1.807, 2.05) is 24.8 Å². The second-order valence-electron chi connectivity index (χ2n) is 4.01. The van der Waals surface area contributed by atoms with Crippen LogP contribution in [0.25, 0.3) is 11.1 Å². The Kier molecular flexibility index (Phi) is 2.48. The van der Waals surface area contributed by atoms with Gasteiger partial charge in [-0.15, -0.1) is 0 Å². The smallest absolute Gasteiger partial charge is 0.140 e. The minimum Gasteiger partial charge on any atom is -0.497 e. The SMILES string of the molecule is COc1cccc(-c2cccc3c2O[CH]C3)c1. The minimum atomic E-state index is 0.863. The van der Waals surface area contributed by atoms with Crippen molar-refractivity contribution < 1.29 is 9.47 Å². The lowest BCUT2D eigenvalue weighted by molar-refractivity contribution is 0.415. The van der Waals surface area contributed by atoms with E-state index in [-0.39, 0.29) is 0 Å². The van der Waals surface area contributed by atoms with Crippen LogP contribution < -0.4 is 9.47 Å². The molecule has 0 saturated carbocycles. The molecule has 0 amide bonds. The van der Waals surface area contributed by atoms with Gasteiger partial charge in [-0.3, -0.25) is 0 Å². The number of rotatable bonds is 2. The van der Waals surface area contributed by atoms with E-state index in [4.69, 9.17) is 9.47 Å². The number of benzene rings is 2. The molecule has 1 radical (unpaired) electrons. The molecule has 0 aromatic heterocycles. The summed E-state index contributed by atoms with van der Waals surface area (Å²) in [5, 5.41) is 0. The van der Waals surface area contributed by atoms with Crippen molar-refractivity contribution in [3.05, 3.63) is 54.6 Å². The second-order valence-corrected chi connectivity index (χ2v) is 4.01. The molecule has 1 aliphatic rings. The van der Waals surface area contributed by atoms with Gasteiger partial charge in [0, 0.05) is 12.0 Å². The molecule has 2 aromatic carbocycles. The van der Waals surface area contributed by atoms with Gasteiger partial charge in [-0.2, -0.15) is 0 Å². The van der Waals surface area contributed by atoms with Gasteiger partial charge in [0.15, 0.2) is 0 Å². The summed E-state index contributed by atoms with van der Waals surface area (Å²) >= 11 is 0. The molecular weight excluding hydrogens is 212 g/mol. The van der Waals surface area contributed by atoms with Crippen molar-refractivity contribution in [1.82, 2.24) is 0 Å². The summed E-state index contributed by atoms with van der Waals surface area (Å²) in [7, 11) is 1.68. The van der Waals surface area contributed by atoms with Crippen LogP contribution in [0.5, 0.6) is 11.5 Å². The lowest BCUT2D eigenvalue weighted by Crippen LogP contribution is -1.87. The van der Waals surface area contributed by atoms with Gasteiger partial charge in [-0.05, 0) is 23.3 Å². The van der Waals surface area contributed by atoms with E-state index in [1.54, 1.807) is 7.11 Å². The van der Waals surface area contributed by atoms with E-state index < -0.39 is 0 Å². The Morgan fingerprint density at radius 2 is 2.00 bits per heavy atom. The third kappa shape index (κ3) is 1.76. The molecule has 0 spiro atoms. The van der Waals surface area contributed by atoms with Gasteiger partial charge in [-0.1, -0.05) is 30.3 Å². The summed E-state index contributed by atoms with van der Waals surface area (Å²) < 4.78 is 10.8. The van der Waals surface area contributed by atoms with E-state index >= 15 is 0 Å². The number of hydrogen-bond donors (Lipinski definition) is 0. The van der Waals surface area contributed by atoms with Gasteiger partial charge in [0.25, 0.3) is 0 Å². The van der Waals surface area contributed by atoms with Crippen molar-refractivity contribution >= 4 is 0 Å². The molecule has 0 bridgehead atoms. The predicted molar refractivity (Wildman–Crippen MR) is 67.1 cm³/mol. The van der Waals surface area contributed by atoms with E-state index in [0.717, 1.165) is 29.0 Å². The van der Waals surface area contributed by atoms with Crippen LogP contribution in [-0.4, -0.2) is 7.11 Å². The average molecular weight is 225 g/mol. The quantitative estimate of drug-likeness (QED) is 0.779. The monoisotopic (exact) mass is 225 g/mol. The Labute approximate surface area is 101 Å². The molecule has 2 nitrogen and oxygen atoms in total. The zero-order chi connectivity index (χ0) is 11.7. The van der Waals surface area contributed by atoms with Gasteiger partial charge < -0.3 is 9.47 Å². The molecule has 0 N–H and O–H groups in total. The van der Waals surface area contributed by atoms with E-state index in [0.29, 0.717) is 0 Å². The number of fused-ring (bicyclic) bond motifs is 1. The molecule has 3 rings (SSSR count). The first kappa shape index (κ1) is 10.2. The first-order chi connectivity index (χ1) is 8.38. The van der Waals surface area contributed by atoms with Crippen LogP contribution in [0.1, 0.15) is 5.56 Å². The number of ether oxygens (including phenoxy) is 2. The normalized spacial score (nSPS) is 13.0. The first-order valence-corrected chi connectivity index (χ1v) is 5.63. The van der Waals surface area contributed by atoms with Crippen molar-refractivity contribution in [2.75, 3.05) is 7.11 Å². The summed E-state index contributed by atoms with van der Waals surface area (Å²) in [5.74, 6) is 1.84. The summed E-state index contributed by atoms with van der Waals surface area (Å²) in [6.45, 7) is 1.84. The largest absolute Gasteiger partial charge is 0.497 e. The number of para-hydroxylation sites is 1. The maximum atomic E-state index is 5.59. The Morgan fingerprint density at radius 1 is 1.12 bits per heavy atom. The molecule has 85 valence electrons. The predicted octanol–water partition coefficient (Wildman–Crippen LogP) is 3.46. The van der Waals surface area contributed by atoms with Gasteiger partial charge in [0.2, 0.25) is 0 Å². The van der Waals surface area contributed by atoms with Crippen LogP contribution in [0.15, 0.2) is 42.5 Å². The highest BCUT2D eigenvalue weighted by atomic mass is 16.5.